The molecule has 3 aromatic heterocycles. The monoisotopic (exact) mass is 253 g/mol. The fourth-order valence-corrected chi connectivity index (χ4v) is 2.35. The molecule has 0 spiro atoms. The van der Waals surface area contributed by atoms with Crippen LogP contribution in [0.25, 0.3) is 17.2 Å². The summed E-state index contributed by atoms with van der Waals surface area (Å²) in [6.07, 6.45) is 1.81. The Hall–Kier alpha value is -2.50. The third-order valence-corrected chi connectivity index (χ3v) is 3.25. The molecule has 0 bridgehead atoms. The van der Waals surface area contributed by atoms with E-state index in [0.29, 0.717) is 6.54 Å². The van der Waals surface area contributed by atoms with Crippen LogP contribution in [0.5, 0.6) is 0 Å². The molecule has 0 N–H and O–H groups in total. The molecular weight excluding hydrogens is 242 g/mol. The van der Waals surface area contributed by atoms with Crippen molar-refractivity contribution in [1.29, 1.82) is 0 Å². The van der Waals surface area contributed by atoms with Gasteiger partial charge in [0.25, 0.3) is 0 Å². The van der Waals surface area contributed by atoms with Gasteiger partial charge in [-0.15, -0.1) is 10.2 Å². The topological polar surface area (TPSA) is 68.6 Å². The number of aromatic nitrogens is 4. The fraction of sp³-hybridized carbons (Fsp3) is 0.231. The van der Waals surface area contributed by atoms with Gasteiger partial charge in [0.05, 0.1) is 17.8 Å². The van der Waals surface area contributed by atoms with Gasteiger partial charge in [0.2, 0.25) is 0 Å². The summed E-state index contributed by atoms with van der Waals surface area (Å²) in [6, 6.07) is 3.84. The van der Waals surface area contributed by atoms with Gasteiger partial charge in [0, 0.05) is 6.21 Å². The van der Waals surface area contributed by atoms with Gasteiger partial charge in [0.15, 0.2) is 17.2 Å². The lowest BCUT2D eigenvalue weighted by Crippen LogP contribution is -2.03. The van der Waals surface area contributed by atoms with Crippen LogP contribution >= 0.6 is 0 Å². The number of rotatable bonds is 1. The summed E-state index contributed by atoms with van der Waals surface area (Å²) in [6.45, 7) is 4.40. The first-order chi connectivity index (χ1) is 9.24. The minimum absolute atomic E-state index is 0.588. The van der Waals surface area contributed by atoms with Crippen LogP contribution in [0.15, 0.2) is 21.5 Å². The van der Waals surface area contributed by atoms with Gasteiger partial charge in [-0.1, -0.05) is 0 Å². The zero-order valence-electron chi connectivity index (χ0n) is 10.6. The van der Waals surface area contributed by atoms with Crippen molar-refractivity contribution in [2.45, 2.75) is 20.4 Å². The molecule has 6 nitrogen and oxygen atoms in total. The molecule has 19 heavy (non-hydrogen) atoms. The van der Waals surface area contributed by atoms with Crippen molar-refractivity contribution in [3.63, 3.8) is 0 Å². The molecule has 0 fully saturated rings. The predicted octanol–water partition coefficient (Wildman–Crippen LogP) is 1.93. The predicted molar refractivity (Wildman–Crippen MR) is 69.3 cm³/mol. The van der Waals surface area contributed by atoms with Gasteiger partial charge in [-0.05, 0) is 26.0 Å². The Balaban J connectivity index is 2.12. The Labute approximate surface area is 108 Å². The second-order valence-corrected chi connectivity index (χ2v) is 4.58. The lowest BCUT2D eigenvalue weighted by Gasteiger charge is -2.06. The smallest absolute Gasteiger partial charge is 0.183 e. The first-order valence-corrected chi connectivity index (χ1v) is 6.05. The molecule has 3 aromatic rings. The highest BCUT2D eigenvalue weighted by Crippen LogP contribution is 2.26. The van der Waals surface area contributed by atoms with Crippen molar-refractivity contribution in [1.82, 2.24) is 19.6 Å². The zero-order valence-corrected chi connectivity index (χ0v) is 10.6. The Morgan fingerprint density at radius 2 is 2.11 bits per heavy atom. The highest BCUT2D eigenvalue weighted by atomic mass is 16.3. The Morgan fingerprint density at radius 3 is 2.89 bits per heavy atom. The van der Waals surface area contributed by atoms with Crippen LogP contribution in [0.3, 0.4) is 0 Å². The van der Waals surface area contributed by atoms with E-state index in [1.807, 2.05) is 36.6 Å². The van der Waals surface area contributed by atoms with E-state index in [1.165, 1.54) is 0 Å². The van der Waals surface area contributed by atoms with E-state index in [0.717, 1.165) is 40.1 Å². The summed E-state index contributed by atoms with van der Waals surface area (Å²) in [7, 11) is 0. The van der Waals surface area contributed by atoms with E-state index in [9.17, 15) is 0 Å². The van der Waals surface area contributed by atoms with Crippen LogP contribution in [0.1, 0.15) is 22.8 Å². The van der Waals surface area contributed by atoms with E-state index in [4.69, 9.17) is 4.42 Å². The molecule has 94 valence electrons. The van der Waals surface area contributed by atoms with Gasteiger partial charge in [-0.3, -0.25) is 9.39 Å². The SMILES string of the molecule is Cc1ccc(-c2nc3c(c4nnc(C)n24)C=NC3)o1. The maximum Gasteiger partial charge on any atom is 0.183 e. The van der Waals surface area contributed by atoms with Crippen molar-refractivity contribution in [2.75, 3.05) is 0 Å². The first kappa shape index (κ1) is 10.4. The van der Waals surface area contributed by atoms with Gasteiger partial charge in [0.1, 0.15) is 11.6 Å². The molecule has 0 unspecified atom stereocenters. The second-order valence-electron chi connectivity index (χ2n) is 4.58. The van der Waals surface area contributed by atoms with E-state index < -0.39 is 0 Å². The Morgan fingerprint density at radius 1 is 1.21 bits per heavy atom. The second kappa shape index (κ2) is 3.50. The molecule has 6 heteroatoms. The number of furan rings is 1. The normalized spacial score (nSPS) is 13.4. The van der Waals surface area contributed by atoms with Crippen molar-refractivity contribution in [3.05, 3.63) is 35.0 Å². The maximum atomic E-state index is 5.68. The molecule has 0 aromatic carbocycles. The molecular formula is C13H11N5O. The van der Waals surface area contributed by atoms with Crippen molar-refractivity contribution in [2.24, 2.45) is 4.99 Å². The molecule has 1 aliphatic heterocycles. The molecule has 0 aliphatic carbocycles. The quantitative estimate of drug-likeness (QED) is 0.664. The van der Waals surface area contributed by atoms with Gasteiger partial charge in [-0.2, -0.15) is 0 Å². The average molecular weight is 253 g/mol. The molecule has 0 amide bonds. The summed E-state index contributed by atoms with van der Waals surface area (Å²) < 4.78 is 7.59. The number of hydrogen-bond donors (Lipinski definition) is 0. The third-order valence-electron chi connectivity index (χ3n) is 3.25. The maximum absolute atomic E-state index is 5.68. The average Bonchev–Trinajstić information content (AvgIpc) is 3.07. The lowest BCUT2D eigenvalue weighted by atomic mass is 10.2. The van der Waals surface area contributed by atoms with Crippen LogP contribution in [0, 0.1) is 13.8 Å². The standard InChI is InChI=1S/C13H11N5O/c1-7-3-4-11(19-7)13-15-10-6-14-5-9(10)12-17-16-8(2)18(12)13/h3-5H,6H2,1-2H3. The van der Waals surface area contributed by atoms with Gasteiger partial charge in [-0.25, -0.2) is 4.98 Å². The van der Waals surface area contributed by atoms with Crippen molar-refractivity contribution in [3.8, 4) is 11.6 Å². The fourth-order valence-electron chi connectivity index (χ4n) is 2.35. The highest BCUT2D eigenvalue weighted by molar-refractivity contribution is 5.91. The zero-order chi connectivity index (χ0) is 13.0. The van der Waals surface area contributed by atoms with E-state index in [-0.39, 0.29) is 0 Å². The largest absolute Gasteiger partial charge is 0.458 e. The van der Waals surface area contributed by atoms with Gasteiger partial charge < -0.3 is 4.42 Å². The van der Waals surface area contributed by atoms with E-state index >= 15 is 0 Å². The molecule has 0 radical (unpaired) electrons. The first-order valence-electron chi connectivity index (χ1n) is 6.05. The third kappa shape index (κ3) is 1.36. The number of aliphatic imine (C=N–C) groups is 1. The number of hydrogen-bond acceptors (Lipinski definition) is 5. The Bertz CT molecular complexity index is 827. The van der Waals surface area contributed by atoms with Crippen LogP contribution in [-0.4, -0.2) is 25.8 Å². The molecule has 4 heterocycles. The summed E-state index contributed by atoms with van der Waals surface area (Å²) >= 11 is 0. The minimum atomic E-state index is 0.588. The summed E-state index contributed by atoms with van der Waals surface area (Å²) in [5, 5.41) is 8.36. The molecule has 0 saturated carbocycles. The highest BCUT2D eigenvalue weighted by Gasteiger charge is 2.21. The van der Waals surface area contributed by atoms with Crippen LogP contribution in [-0.2, 0) is 6.54 Å². The molecule has 0 saturated heterocycles. The summed E-state index contributed by atoms with van der Waals surface area (Å²) in [5.41, 5.74) is 2.66. The summed E-state index contributed by atoms with van der Waals surface area (Å²) in [5.74, 6) is 3.09. The van der Waals surface area contributed by atoms with Crippen LogP contribution in [0.4, 0.5) is 0 Å². The minimum Gasteiger partial charge on any atom is -0.458 e. The molecule has 1 aliphatic rings. The van der Waals surface area contributed by atoms with E-state index in [2.05, 4.69) is 20.2 Å². The Kier molecular flexibility index (Phi) is 1.92. The number of aryl methyl sites for hydroxylation is 2. The van der Waals surface area contributed by atoms with Crippen LogP contribution < -0.4 is 0 Å². The number of nitrogens with zero attached hydrogens (tertiary/aromatic N) is 5. The van der Waals surface area contributed by atoms with Gasteiger partial charge >= 0.3 is 0 Å². The van der Waals surface area contributed by atoms with Crippen LogP contribution in [0.2, 0.25) is 0 Å². The van der Waals surface area contributed by atoms with Crippen molar-refractivity contribution >= 4 is 11.9 Å². The molecule has 0 atom stereocenters. The van der Waals surface area contributed by atoms with Crippen molar-refractivity contribution < 1.29 is 4.42 Å². The number of fused-ring (bicyclic) bond motifs is 3. The van der Waals surface area contributed by atoms with E-state index in [1.54, 1.807) is 0 Å². The lowest BCUT2D eigenvalue weighted by molar-refractivity contribution is 0.542. The molecule has 4 rings (SSSR count). The summed E-state index contributed by atoms with van der Waals surface area (Å²) in [4.78, 5) is 8.91.